The summed E-state index contributed by atoms with van der Waals surface area (Å²) >= 11 is 6.31. The molecule has 1 aliphatic heterocycles. The summed E-state index contributed by atoms with van der Waals surface area (Å²) in [6, 6.07) is 3.65. The summed E-state index contributed by atoms with van der Waals surface area (Å²) in [6.07, 6.45) is 0.685. The minimum atomic E-state index is -0.340. The molecule has 0 bridgehead atoms. The molecule has 2 rings (SSSR count). The first-order valence-electron chi connectivity index (χ1n) is 5.87. The van der Waals surface area contributed by atoms with E-state index in [-0.39, 0.29) is 12.2 Å². The third-order valence-electron chi connectivity index (χ3n) is 3.12. The van der Waals surface area contributed by atoms with Gasteiger partial charge in [0.15, 0.2) is 11.5 Å². The Balaban J connectivity index is 2.33. The average Bonchev–Trinajstić information content (AvgIpc) is 2.38. The lowest BCUT2D eigenvalue weighted by Crippen LogP contribution is -2.23. The first-order chi connectivity index (χ1) is 8.67. The molecule has 0 spiro atoms. The third kappa shape index (κ3) is 2.55. The lowest BCUT2D eigenvalue weighted by atomic mass is 9.99. The Morgan fingerprint density at radius 3 is 2.72 bits per heavy atom. The van der Waals surface area contributed by atoms with E-state index in [0.717, 1.165) is 5.56 Å². The maximum absolute atomic E-state index is 9.68. The van der Waals surface area contributed by atoms with Gasteiger partial charge in [-0.15, -0.1) is 0 Å². The van der Waals surface area contributed by atoms with Crippen molar-refractivity contribution in [2.45, 2.75) is 25.0 Å². The maximum atomic E-state index is 9.68. The van der Waals surface area contributed by atoms with Crippen LogP contribution < -0.4 is 9.47 Å². The van der Waals surface area contributed by atoms with E-state index in [1.54, 1.807) is 20.3 Å². The van der Waals surface area contributed by atoms with Crippen molar-refractivity contribution in [3.05, 3.63) is 22.7 Å². The van der Waals surface area contributed by atoms with Crippen LogP contribution in [0.3, 0.4) is 0 Å². The van der Waals surface area contributed by atoms with Crippen LogP contribution in [0.25, 0.3) is 0 Å². The van der Waals surface area contributed by atoms with Crippen LogP contribution in [0.2, 0.25) is 5.02 Å². The number of hydrogen-bond acceptors (Lipinski definition) is 4. The van der Waals surface area contributed by atoms with E-state index in [4.69, 9.17) is 25.8 Å². The van der Waals surface area contributed by atoms with Gasteiger partial charge in [-0.1, -0.05) is 17.7 Å². The SMILES string of the molecule is COc1ccc(C2CC(O)CCO2)c(Cl)c1OC. The summed E-state index contributed by atoms with van der Waals surface area (Å²) < 4.78 is 16.1. The number of halogens is 1. The quantitative estimate of drug-likeness (QED) is 0.919. The van der Waals surface area contributed by atoms with Crippen LogP contribution in [0.4, 0.5) is 0 Å². The molecule has 4 nitrogen and oxygen atoms in total. The Bertz CT molecular complexity index is 422. The van der Waals surface area contributed by atoms with Crippen LogP contribution in [0, 0.1) is 0 Å². The van der Waals surface area contributed by atoms with Gasteiger partial charge in [-0.3, -0.25) is 0 Å². The van der Waals surface area contributed by atoms with Crippen molar-refractivity contribution in [1.82, 2.24) is 0 Å². The minimum absolute atomic E-state index is 0.193. The second-order valence-corrected chi connectivity index (χ2v) is 4.62. The van der Waals surface area contributed by atoms with Gasteiger partial charge in [0.2, 0.25) is 0 Å². The van der Waals surface area contributed by atoms with Gasteiger partial charge in [-0.25, -0.2) is 0 Å². The molecule has 1 heterocycles. The van der Waals surface area contributed by atoms with Gasteiger partial charge in [-0.2, -0.15) is 0 Å². The zero-order valence-electron chi connectivity index (χ0n) is 10.5. The highest BCUT2D eigenvalue weighted by Crippen LogP contribution is 2.42. The van der Waals surface area contributed by atoms with Gasteiger partial charge in [0.25, 0.3) is 0 Å². The number of rotatable bonds is 3. The van der Waals surface area contributed by atoms with Crippen molar-refractivity contribution in [3.63, 3.8) is 0 Å². The fourth-order valence-electron chi connectivity index (χ4n) is 2.15. The molecule has 18 heavy (non-hydrogen) atoms. The van der Waals surface area contributed by atoms with Gasteiger partial charge in [0.1, 0.15) is 0 Å². The first kappa shape index (κ1) is 13.5. The molecule has 2 atom stereocenters. The highest BCUT2D eigenvalue weighted by atomic mass is 35.5. The number of benzene rings is 1. The fourth-order valence-corrected chi connectivity index (χ4v) is 2.50. The normalized spacial score (nSPS) is 23.8. The van der Waals surface area contributed by atoms with Crippen LogP contribution in [-0.4, -0.2) is 32.0 Å². The molecule has 0 aromatic heterocycles. The average molecular weight is 273 g/mol. The van der Waals surface area contributed by atoms with E-state index < -0.39 is 0 Å². The second kappa shape index (κ2) is 5.78. The summed E-state index contributed by atoms with van der Waals surface area (Å²) in [7, 11) is 3.11. The topological polar surface area (TPSA) is 47.9 Å². The summed E-state index contributed by atoms with van der Waals surface area (Å²) in [6.45, 7) is 0.538. The molecule has 0 aliphatic carbocycles. The molecule has 1 N–H and O–H groups in total. The van der Waals surface area contributed by atoms with Crippen molar-refractivity contribution < 1.29 is 19.3 Å². The van der Waals surface area contributed by atoms with Gasteiger partial charge in [-0.05, 0) is 12.5 Å². The Kier molecular flexibility index (Phi) is 4.32. The highest BCUT2D eigenvalue weighted by Gasteiger charge is 2.26. The van der Waals surface area contributed by atoms with Crippen LogP contribution in [0.15, 0.2) is 12.1 Å². The van der Waals surface area contributed by atoms with Crippen LogP contribution in [0.1, 0.15) is 24.5 Å². The minimum Gasteiger partial charge on any atom is -0.493 e. The molecule has 100 valence electrons. The van der Waals surface area contributed by atoms with E-state index >= 15 is 0 Å². The van der Waals surface area contributed by atoms with Gasteiger partial charge < -0.3 is 19.3 Å². The summed E-state index contributed by atoms with van der Waals surface area (Å²) in [5, 5.41) is 10.2. The van der Waals surface area contributed by atoms with Gasteiger partial charge >= 0.3 is 0 Å². The van der Waals surface area contributed by atoms with E-state index in [2.05, 4.69) is 0 Å². The Labute approximate surface area is 111 Å². The smallest absolute Gasteiger partial charge is 0.179 e. The Hall–Kier alpha value is -0.970. The van der Waals surface area contributed by atoms with Crippen LogP contribution in [-0.2, 0) is 4.74 Å². The molecular formula is C13H17ClO4. The van der Waals surface area contributed by atoms with Crippen LogP contribution in [0.5, 0.6) is 11.5 Å². The lowest BCUT2D eigenvalue weighted by molar-refractivity contribution is -0.0448. The van der Waals surface area contributed by atoms with Gasteiger partial charge in [0.05, 0.1) is 31.5 Å². The fraction of sp³-hybridized carbons (Fsp3) is 0.538. The van der Waals surface area contributed by atoms with E-state index in [9.17, 15) is 5.11 Å². The van der Waals surface area contributed by atoms with E-state index in [0.29, 0.717) is 36.0 Å². The number of aliphatic hydroxyl groups is 1. The number of hydrogen-bond donors (Lipinski definition) is 1. The van der Waals surface area contributed by atoms with E-state index in [1.165, 1.54) is 0 Å². The molecule has 1 aromatic carbocycles. The molecule has 1 aromatic rings. The zero-order chi connectivity index (χ0) is 13.1. The number of aliphatic hydroxyl groups excluding tert-OH is 1. The lowest BCUT2D eigenvalue weighted by Gasteiger charge is -2.28. The van der Waals surface area contributed by atoms with Crippen LogP contribution >= 0.6 is 11.6 Å². The van der Waals surface area contributed by atoms with Crippen molar-refractivity contribution in [2.24, 2.45) is 0 Å². The molecule has 1 saturated heterocycles. The first-order valence-corrected chi connectivity index (χ1v) is 6.25. The number of ether oxygens (including phenoxy) is 3. The predicted molar refractivity (Wildman–Crippen MR) is 68.5 cm³/mol. The highest BCUT2D eigenvalue weighted by molar-refractivity contribution is 6.33. The standard InChI is InChI=1S/C13H17ClO4/c1-16-10-4-3-9(12(14)13(10)17-2)11-7-8(15)5-6-18-11/h3-4,8,11,15H,5-7H2,1-2H3. The Morgan fingerprint density at radius 1 is 1.33 bits per heavy atom. The summed E-state index contributed by atoms with van der Waals surface area (Å²) in [5.74, 6) is 1.09. The van der Waals surface area contributed by atoms with Crippen molar-refractivity contribution >= 4 is 11.6 Å². The third-order valence-corrected chi connectivity index (χ3v) is 3.51. The van der Waals surface area contributed by atoms with Crippen molar-refractivity contribution in [2.75, 3.05) is 20.8 Å². The summed E-state index contributed by atoms with van der Waals surface area (Å²) in [4.78, 5) is 0. The van der Waals surface area contributed by atoms with Crippen molar-refractivity contribution in [1.29, 1.82) is 0 Å². The molecular weight excluding hydrogens is 256 g/mol. The predicted octanol–water partition coefficient (Wildman–Crippen LogP) is 2.57. The Morgan fingerprint density at radius 2 is 2.11 bits per heavy atom. The molecule has 0 saturated carbocycles. The number of methoxy groups -OCH3 is 2. The second-order valence-electron chi connectivity index (χ2n) is 4.24. The van der Waals surface area contributed by atoms with E-state index in [1.807, 2.05) is 6.07 Å². The zero-order valence-corrected chi connectivity index (χ0v) is 11.2. The maximum Gasteiger partial charge on any atom is 0.179 e. The van der Waals surface area contributed by atoms with Crippen molar-refractivity contribution in [3.8, 4) is 11.5 Å². The molecule has 1 aliphatic rings. The largest absolute Gasteiger partial charge is 0.493 e. The molecule has 1 fully saturated rings. The molecule has 0 radical (unpaired) electrons. The monoisotopic (exact) mass is 272 g/mol. The summed E-state index contributed by atoms with van der Waals surface area (Å²) in [5.41, 5.74) is 0.827. The molecule has 0 amide bonds. The van der Waals surface area contributed by atoms with Gasteiger partial charge in [0, 0.05) is 18.6 Å². The molecule has 2 unspecified atom stereocenters. The molecule has 5 heteroatoms.